The van der Waals surface area contributed by atoms with Crippen molar-refractivity contribution in [2.45, 2.75) is 83.3 Å². The molecule has 8 heteroatoms. The van der Waals surface area contributed by atoms with Gasteiger partial charge >= 0.3 is 0 Å². The zero-order chi connectivity index (χ0) is 19.7. The lowest BCUT2D eigenvalue weighted by Crippen LogP contribution is -2.56. The van der Waals surface area contributed by atoms with Gasteiger partial charge in [0.2, 0.25) is 11.8 Å². The predicted octanol–water partition coefficient (Wildman–Crippen LogP) is 2.11. The Morgan fingerprint density at radius 1 is 0.963 bits per heavy atom. The van der Waals surface area contributed by atoms with Crippen LogP contribution in [-0.4, -0.2) is 34.4 Å². The summed E-state index contributed by atoms with van der Waals surface area (Å²) in [7, 11) is 0. The van der Waals surface area contributed by atoms with Gasteiger partial charge < -0.3 is 11.5 Å². The Bertz CT molecular complexity index is 592. The highest BCUT2D eigenvalue weighted by Crippen LogP contribution is 2.29. The number of carbonyl (C=O) groups excluding carboxylic acids is 2. The van der Waals surface area contributed by atoms with Crippen LogP contribution in [0.1, 0.15) is 77.6 Å². The van der Waals surface area contributed by atoms with Crippen LogP contribution in [0.3, 0.4) is 0 Å². The molecule has 2 rings (SSSR count). The highest BCUT2D eigenvalue weighted by Gasteiger charge is 2.46. The second-order valence-corrected chi connectivity index (χ2v) is 7.10. The highest BCUT2D eigenvalue weighted by atomic mass is 16.2. The molecule has 0 aromatic heterocycles. The summed E-state index contributed by atoms with van der Waals surface area (Å²) < 4.78 is 0. The monoisotopic (exact) mass is 376 g/mol. The average Bonchev–Trinajstić information content (AvgIpc) is 2.95. The minimum atomic E-state index is -1.50. The minimum absolute atomic E-state index is 0.0340. The van der Waals surface area contributed by atoms with E-state index in [1.165, 1.54) is 38.5 Å². The number of nitrogens with one attached hydrogen (secondary N) is 1. The molecule has 2 aliphatic rings. The number of amides is 2. The van der Waals surface area contributed by atoms with Crippen LogP contribution in [0, 0.1) is 0 Å². The van der Waals surface area contributed by atoms with E-state index in [9.17, 15) is 9.59 Å². The van der Waals surface area contributed by atoms with Gasteiger partial charge in [0.25, 0.3) is 5.79 Å². The second-order valence-electron chi connectivity index (χ2n) is 7.10. The Morgan fingerprint density at radius 3 is 2.04 bits per heavy atom. The Labute approximate surface area is 161 Å². The van der Waals surface area contributed by atoms with Crippen molar-refractivity contribution in [3.63, 3.8) is 0 Å². The fourth-order valence-corrected chi connectivity index (χ4v) is 3.40. The van der Waals surface area contributed by atoms with E-state index in [-0.39, 0.29) is 36.6 Å². The summed E-state index contributed by atoms with van der Waals surface area (Å²) in [5.41, 5.74) is 11.5. The Kier molecular flexibility index (Phi) is 7.82. The maximum atomic E-state index is 12.2. The molecule has 0 unspecified atom stereocenters. The lowest BCUT2D eigenvalue weighted by Gasteiger charge is -2.33. The van der Waals surface area contributed by atoms with E-state index in [0.29, 0.717) is 0 Å². The van der Waals surface area contributed by atoms with Crippen molar-refractivity contribution in [3.8, 4) is 0 Å². The number of carbonyl (C=O) groups is 2. The first kappa shape index (κ1) is 20.9. The van der Waals surface area contributed by atoms with Crippen molar-refractivity contribution >= 4 is 23.7 Å². The number of guanidine groups is 2. The fraction of sp³-hybridized carbons (Fsp3) is 0.684. The molecule has 2 aliphatic heterocycles. The van der Waals surface area contributed by atoms with Gasteiger partial charge in [-0.1, -0.05) is 57.9 Å². The summed E-state index contributed by atoms with van der Waals surface area (Å²) in [4.78, 5) is 34.0. The number of likely N-dealkylation sites (tertiary alicyclic amines) is 1. The molecule has 2 heterocycles. The number of rotatable bonds is 11. The fourth-order valence-electron chi connectivity index (χ4n) is 3.40. The molecule has 8 nitrogen and oxygen atoms in total. The van der Waals surface area contributed by atoms with E-state index < -0.39 is 5.79 Å². The van der Waals surface area contributed by atoms with Crippen LogP contribution >= 0.6 is 0 Å². The molecule has 0 saturated carbocycles. The molecule has 0 aromatic carbocycles. The number of unbranched alkanes of at least 4 members (excludes halogenated alkanes) is 8. The molecule has 5 N–H and O–H groups in total. The van der Waals surface area contributed by atoms with Crippen molar-refractivity contribution in [1.29, 1.82) is 0 Å². The normalized spacial score (nSPS) is 19.4. The highest BCUT2D eigenvalue weighted by molar-refractivity contribution is 6.05. The van der Waals surface area contributed by atoms with Gasteiger partial charge in [-0.05, 0) is 18.9 Å². The van der Waals surface area contributed by atoms with E-state index in [1.54, 1.807) is 6.08 Å². The molecule has 0 bridgehead atoms. The molecule has 0 spiro atoms. The maximum Gasteiger partial charge on any atom is 0.262 e. The lowest BCUT2D eigenvalue weighted by molar-refractivity contribution is -0.143. The molecule has 0 aromatic rings. The van der Waals surface area contributed by atoms with Crippen molar-refractivity contribution in [3.05, 3.63) is 12.2 Å². The van der Waals surface area contributed by atoms with E-state index in [1.807, 2.05) is 6.08 Å². The predicted molar refractivity (Wildman–Crippen MR) is 107 cm³/mol. The van der Waals surface area contributed by atoms with Gasteiger partial charge in [-0.15, -0.1) is 0 Å². The topological polar surface area (TPSA) is 126 Å². The largest absolute Gasteiger partial charge is 0.369 e. The molecule has 0 aliphatic carbocycles. The standard InChI is InChI=1S/C19H32N6O2/c1-2-3-4-5-6-7-8-9-10-11-14-19(23-17(20)22-18(21)24-19)25-15(26)12-13-16(25)27/h11,14H,2-10,12-13H2,1H3,(H5,20,21,22,23,24). The van der Waals surface area contributed by atoms with E-state index >= 15 is 0 Å². The van der Waals surface area contributed by atoms with Gasteiger partial charge in [-0.25, -0.2) is 4.90 Å². The number of nitrogens with two attached hydrogens (primary N) is 2. The SMILES string of the molecule is CCCCCCCCCCC=CC1(N2C(=O)CCC2=O)N=C(N)NC(N)=N1. The third kappa shape index (κ3) is 5.80. The Morgan fingerprint density at radius 2 is 1.48 bits per heavy atom. The van der Waals surface area contributed by atoms with E-state index in [0.717, 1.165) is 24.2 Å². The lowest BCUT2D eigenvalue weighted by atomic mass is 10.1. The molecule has 27 heavy (non-hydrogen) atoms. The molecule has 1 saturated heterocycles. The zero-order valence-electron chi connectivity index (χ0n) is 16.2. The van der Waals surface area contributed by atoms with Crippen molar-refractivity contribution < 1.29 is 9.59 Å². The molecule has 0 radical (unpaired) electrons. The third-order valence-corrected chi connectivity index (χ3v) is 4.77. The third-order valence-electron chi connectivity index (χ3n) is 4.77. The number of nitrogens with zero attached hydrogens (tertiary/aromatic N) is 3. The number of hydrogen-bond acceptors (Lipinski definition) is 7. The summed E-state index contributed by atoms with van der Waals surface area (Å²) >= 11 is 0. The van der Waals surface area contributed by atoms with Crippen molar-refractivity contribution in [2.75, 3.05) is 0 Å². The van der Waals surface area contributed by atoms with Crippen molar-refractivity contribution in [2.24, 2.45) is 21.5 Å². The van der Waals surface area contributed by atoms with Gasteiger partial charge in [0.05, 0.1) is 0 Å². The van der Waals surface area contributed by atoms with Gasteiger partial charge in [0.1, 0.15) is 0 Å². The first-order chi connectivity index (χ1) is 13.0. The summed E-state index contributed by atoms with van der Waals surface area (Å²) in [5.74, 6) is -2.05. The van der Waals surface area contributed by atoms with Gasteiger partial charge in [0, 0.05) is 12.8 Å². The summed E-state index contributed by atoms with van der Waals surface area (Å²) in [6.07, 6.45) is 14.6. The number of aliphatic imine (C=N–C) groups is 2. The van der Waals surface area contributed by atoms with Gasteiger partial charge in [-0.2, -0.15) is 9.98 Å². The smallest absolute Gasteiger partial charge is 0.262 e. The zero-order valence-corrected chi connectivity index (χ0v) is 16.2. The summed E-state index contributed by atoms with van der Waals surface area (Å²) in [5, 5.41) is 2.60. The minimum Gasteiger partial charge on any atom is -0.369 e. The molecular weight excluding hydrogens is 344 g/mol. The van der Waals surface area contributed by atoms with Gasteiger partial charge in [-0.3, -0.25) is 14.9 Å². The molecule has 0 atom stereocenters. The van der Waals surface area contributed by atoms with Crippen LogP contribution in [0.4, 0.5) is 0 Å². The number of imide groups is 1. The average molecular weight is 377 g/mol. The molecule has 1 fully saturated rings. The summed E-state index contributed by atoms with van der Waals surface area (Å²) in [6.45, 7) is 2.22. The van der Waals surface area contributed by atoms with Crippen LogP contribution < -0.4 is 16.8 Å². The summed E-state index contributed by atoms with van der Waals surface area (Å²) in [6, 6.07) is 0. The van der Waals surface area contributed by atoms with Crippen LogP contribution in [-0.2, 0) is 9.59 Å². The molecule has 150 valence electrons. The molecular formula is C19H32N6O2. The Balaban J connectivity index is 1.92. The van der Waals surface area contributed by atoms with Crippen LogP contribution in [0.25, 0.3) is 0 Å². The van der Waals surface area contributed by atoms with Crippen molar-refractivity contribution in [1.82, 2.24) is 10.2 Å². The van der Waals surface area contributed by atoms with Crippen LogP contribution in [0.5, 0.6) is 0 Å². The number of hydrogen-bond donors (Lipinski definition) is 3. The van der Waals surface area contributed by atoms with Crippen LogP contribution in [0.2, 0.25) is 0 Å². The first-order valence-electron chi connectivity index (χ1n) is 10.00. The van der Waals surface area contributed by atoms with Gasteiger partial charge in [0.15, 0.2) is 11.9 Å². The quantitative estimate of drug-likeness (QED) is 0.289. The first-order valence-corrected chi connectivity index (χ1v) is 10.00. The maximum absolute atomic E-state index is 12.2. The van der Waals surface area contributed by atoms with E-state index in [2.05, 4.69) is 22.2 Å². The van der Waals surface area contributed by atoms with Crippen LogP contribution in [0.15, 0.2) is 22.1 Å². The Hall–Kier alpha value is -2.38. The van der Waals surface area contributed by atoms with E-state index in [4.69, 9.17) is 11.5 Å². The number of allylic oxidation sites excluding steroid dienone is 1. The molecule has 2 amide bonds. The second kappa shape index (κ2) is 10.1.